The van der Waals surface area contributed by atoms with Crippen LogP contribution >= 0.6 is 0 Å². The van der Waals surface area contributed by atoms with Gasteiger partial charge in [0.25, 0.3) is 0 Å². The van der Waals surface area contributed by atoms with Crippen molar-refractivity contribution < 1.29 is 9.53 Å². The summed E-state index contributed by atoms with van der Waals surface area (Å²) in [6.07, 6.45) is 1.16. The number of hydrogen-bond acceptors (Lipinski definition) is 4. The minimum absolute atomic E-state index is 0.0658. The van der Waals surface area contributed by atoms with Gasteiger partial charge in [-0.05, 0) is 20.4 Å². The first-order chi connectivity index (χ1) is 8.13. The minimum Gasteiger partial charge on any atom is -0.374 e. The first kappa shape index (κ1) is 14.4. The summed E-state index contributed by atoms with van der Waals surface area (Å²) < 4.78 is 5.62. The smallest absolute Gasteiger partial charge is 0.236 e. The maximum Gasteiger partial charge on any atom is 0.236 e. The Hall–Kier alpha value is -0.650. The Balaban J connectivity index is 2.18. The topological polar surface area (TPSA) is 53.6 Å². The van der Waals surface area contributed by atoms with Crippen LogP contribution in [-0.4, -0.2) is 62.8 Å². The molecule has 0 spiro atoms. The van der Waals surface area contributed by atoms with E-state index in [1.165, 1.54) is 0 Å². The van der Waals surface area contributed by atoms with E-state index in [0.29, 0.717) is 0 Å². The average Bonchev–Trinajstić information content (AvgIpc) is 2.33. The highest BCUT2D eigenvalue weighted by atomic mass is 16.5. The molecule has 0 aromatic rings. The van der Waals surface area contributed by atoms with Crippen LogP contribution in [0.4, 0.5) is 0 Å². The predicted molar refractivity (Wildman–Crippen MR) is 68.0 cm³/mol. The Morgan fingerprint density at radius 1 is 1.59 bits per heavy atom. The van der Waals surface area contributed by atoms with E-state index < -0.39 is 0 Å². The van der Waals surface area contributed by atoms with Crippen molar-refractivity contribution in [3.05, 3.63) is 0 Å². The zero-order chi connectivity index (χ0) is 12.7. The molecule has 2 atom stereocenters. The molecule has 2 unspecified atom stereocenters. The van der Waals surface area contributed by atoms with E-state index in [9.17, 15) is 4.79 Å². The van der Waals surface area contributed by atoms with Gasteiger partial charge in [0, 0.05) is 26.2 Å². The maximum absolute atomic E-state index is 11.6. The fraction of sp³-hybridized carbons (Fsp3) is 0.917. The fourth-order valence-corrected chi connectivity index (χ4v) is 1.79. The van der Waals surface area contributed by atoms with E-state index >= 15 is 0 Å². The van der Waals surface area contributed by atoms with Gasteiger partial charge in [0.2, 0.25) is 5.91 Å². The Labute approximate surface area is 104 Å². The van der Waals surface area contributed by atoms with E-state index in [4.69, 9.17) is 4.74 Å². The minimum atomic E-state index is -0.155. The van der Waals surface area contributed by atoms with Gasteiger partial charge in [0.05, 0.1) is 18.8 Å². The van der Waals surface area contributed by atoms with E-state index in [1.54, 1.807) is 0 Å². The van der Waals surface area contributed by atoms with Crippen LogP contribution in [0.3, 0.4) is 0 Å². The van der Waals surface area contributed by atoms with Gasteiger partial charge in [-0.1, -0.05) is 6.92 Å². The second kappa shape index (κ2) is 7.63. The number of ether oxygens (including phenoxy) is 1. The highest BCUT2D eigenvalue weighted by Crippen LogP contribution is 2.01. The number of carbonyl (C=O) groups excluding carboxylic acids is 1. The van der Waals surface area contributed by atoms with E-state index in [1.807, 2.05) is 13.8 Å². The van der Waals surface area contributed by atoms with E-state index in [0.717, 1.165) is 39.2 Å². The molecule has 5 nitrogen and oxygen atoms in total. The van der Waals surface area contributed by atoms with Crippen molar-refractivity contribution in [3.63, 3.8) is 0 Å². The lowest BCUT2D eigenvalue weighted by Gasteiger charge is -2.30. The highest BCUT2D eigenvalue weighted by molar-refractivity contribution is 5.81. The van der Waals surface area contributed by atoms with Gasteiger partial charge in [0.1, 0.15) is 0 Å². The van der Waals surface area contributed by atoms with Crippen molar-refractivity contribution in [3.8, 4) is 0 Å². The summed E-state index contributed by atoms with van der Waals surface area (Å²) in [5, 5.41) is 6.09. The van der Waals surface area contributed by atoms with Gasteiger partial charge < -0.3 is 20.3 Å². The molecule has 0 radical (unpaired) electrons. The largest absolute Gasteiger partial charge is 0.374 e. The summed E-state index contributed by atoms with van der Waals surface area (Å²) in [5.41, 5.74) is 0. The zero-order valence-electron chi connectivity index (χ0n) is 11.2. The average molecular weight is 243 g/mol. The van der Waals surface area contributed by atoms with Crippen molar-refractivity contribution in [1.29, 1.82) is 0 Å². The third-order valence-corrected chi connectivity index (χ3v) is 2.94. The summed E-state index contributed by atoms with van der Waals surface area (Å²) in [7, 11) is 2.09. The molecular formula is C12H25N3O2. The Kier molecular flexibility index (Phi) is 6.47. The molecule has 0 aliphatic carbocycles. The molecule has 0 saturated carbocycles. The van der Waals surface area contributed by atoms with Crippen molar-refractivity contribution >= 4 is 5.91 Å². The third-order valence-electron chi connectivity index (χ3n) is 2.94. The molecule has 1 aliphatic heterocycles. The van der Waals surface area contributed by atoms with E-state index in [2.05, 4.69) is 22.6 Å². The van der Waals surface area contributed by atoms with Gasteiger partial charge in [-0.3, -0.25) is 4.79 Å². The quantitative estimate of drug-likeness (QED) is 0.679. The molecule has 0 bridgehead atoms. The molecule has 1 fully saturated rings. The van der Waals surface area contributed by atoms with Gasteiger partial charge >= 0.3 is 0 Å². The van der Waals surface area contributed by atoms with Gasteiger partial charge in [-0.25, -0.2) is 0 Å². The monoisotopic (exact) mass is 243 g/mol. The molecule has 1 saturated heterocycles. The first-order valence-electron chi connectivity index (χ1n) is 6.44. The zero-order valence-corrected chi connectivity index (χ0v) is 11.2. The van der Waals surface area contributed by atoms with Crippen molar-refractivity contribution in [2.45, 2.75) is 32.4 Å². The van der Waals surface area contributed by atoms with Crippen LogP contribution in [0.2, 0.25) is 0 Å². The number of morpholine rings is 1. The van der Waals surface area contributed by atoms with Gasteiger partial charge in [-0.15, -0.1) is 0 Å². The molecule has 2 N–H and O–H groups in total. The second-order valence-electron chi connectivity index (χ2n) is 4.68. The van der Waals surface area contributed by atoms with Gasteiger partial charge in [0.15, 0.2) is 0 Å². The van der Waals surface area contributed by atoms with Crippen LogP contribution in [0.5, 0.6) is 0 Å². The Bertz CT molecular complexity index is 236. The molecule has 1 heterocycles. The number of amides is 1. The molecule has 0 aromatic heterocycles. The Morgan fingerprint density at radius 3 is 3.00 bits per heavy atom. The third kappa shape index (κ3) is 5.48. The molecular weight excluding hydrogens is 218 g/mol. The SMILES string of the molecule is CCCNC(=O)C(C)NCC1CN(C)CCO1. The van der Waals surface area contributed by atoms with E-state index in [-0.39, 0.29) is 18.1 Å². The van der Waals surface area contributed by atoms with Gasteiger partial charge in [-0.2, -0.15) is 0 Å². The van der Waals surface area contributed by atoms with Crippen molar-refractivity contribution in [1.82, 2.24) is 15.5 Å². The number of nitrogens with zero attached hydrogens (tertiary/aromatic N) is 1. The summed E-state index contributed by atoms with van der Waals surface area (Å²) in [4.78, 5) is 13.9. The standard InChI is InChI=1S/C12H25N3O2/c1-4-5-13-12(16)10(2)14-8-11-9-15(3)6-7-17-11/h10-11,14H,4-9H2,1-3H3,(H,13,16). The summed E-state index contributed by atoms with van der Waals surface area (Å²) in [6.45, 7) is 8.10. The number of likely N-dealkylation sites (N-methyl/N-ethyl adjacent to an activating group) is 1. The molecule has 100 valence electrons. The molecule has 1 amide bonds. The first-order valence-corrected chi connectivity index (χ1v) is 6.44. The molecule has 0 aromatic carbocycles. The summed E-state index contributed by atoms with van der Waals surface area (Å²) in [5.74, 6) is 0.0658. The van der Waals surface area contributed by atoms with Crippen LogP contribution in [0.25, 0.3) is 0 Å². The summed E-state index contributed by atoms with van der Waals surface area (Å²) in [6, 6.07) is -0.155. The van der Waals surface area contributed by atoms with Crippen LogP contribution in [0, 0.1) is 0 Å². The Morgan fingerprint density at radius 2 is 2.35 bits per heavy atom. The van der Waals surface area contributed by atoms with Crippen LogP contribution in [-0.2, 0) is 9.53 Å². The number of nitrogens with one attached hydrogen (secondary N) is 2. The molecule has 5 heteroatoms. The van der Waals surface area contributed by atoms with Crippen LogP contribution < -0.4 is 10.6 Å². The lowest BCUT2D eigenvalue weighted by atomic mass is 10.2. The predicted octanol–water partition coefficient (Wildman–Crippen LogP) is -0.179. The van der Waals surface area contributed by atoms with Crippen molar-refractivity contribution in [2.24, 2.45) is 0 Å². The normalized spacial score (nSPS) is 23.4. The number of hydrogen-bond donors (Lipinski definition) is 2. The lowest BCUT2D eigenvalue weighted by Crippen LogP contribution is -2.49. The van der Waals surface area contributed by atoms with Crippen LogP contribution in [0.15, 0.2) is 0 Å². The number of rotatable bonds is 6. The van der Waals surface area contributed by atoms with Crippen LogP contribution in [0.1, 0.15) is 20.3 Å². The molecule has 1 aliphatic rings. The fourth-order valence-electron chi connectivity index (χ4n) is 1.79. The van der Waals surface area contributed by atoms with Crippen molar-refractivity contribution in [2.75, 3.05) is 39.8 Å². The maximum atomic E-state index is 11.6. The lowest BCUT2D eigenvalue weighted by molar-refractivity contribution is -0.123. The molecule has 1 rings (SSSR count). The number of carbonyl (C=O) groups is 1. The second-order valence-corrected chi connectivity index (χ2v) is 4.68. The highest BCUT2D eigenvalue weighted by Gasteiger charge is 2.19. The molecule has 17 heavy (non-hydrogen) atoms. The summed E-state index contributed by atoms with van der Waals surface area (Å²) >= 11 is 0.